The van der Waals surface area contributed by atoms with E-state index in [1.807, 2.05) is 4.90 Å². The van der Waals surface area contributed by atoms with Gasteiger partial charge in [0.25, 0.3) is 0 Å². The summed E-state index contributed by atoms with van der Waals surface area (Å²) in [6, 6.07) is 0. The van der Waals surface area contributed by atoms with Crippen molar-refractivity contribution in [3.8, 4) is 0 Å². The maximum absolute atomic E-state index is 12.1. The lowest BCUT2D eigenvalue weighted by Gasteiger charge is -2.20. The van der Waals surface area contributed by atoms with Crippen molar-refractivity contribution in [2.24, 2.45) is 5.92 Å². The summed E-state index contributed by atoms with van der Waals surface area (Å²) < 4.78 is 0. The Bertz CT molecular complexity index is 346. The Morgan fingerprint density at radius 2 is 1.89 bits per heavy atom. The Balaban J connectivity index is 2.40. The molecule has 0 aliphatic heterocycles. The highest BCUT2D eigenvalue weighted by Gasteiger charge is 2.32. The summed E-state index contributed by atoms with van der Waals surface area (Å²) in [7, 11) is 0. The highest BCUT2D eigenvalue weighted by molar-refractivity contribution is 5.81. The molecule has 1 rings (SSSR count). The van der Waals surface area contributed by atoms with Gasteiger partial charge in [0.2, 0.25) is 5.91 Å². The van der Waals surface area contributed by atoms with E-state index in [-0.39, 0.29) is 0 Å². The molecule has 0 N–H and O–H groups in total. The largest absolute Gasteiger partial charge is 0.339 e. The fraction of sp³-hybridized carbons (Fsp3) is 0.706. The number of hydrogen-bond donors (Lipinski definition) is 0. The van der Waals surface area contributed by atoms with Gasteiger partial charge in [0.05, 0.1) is 0 Å². The molecule has 108 valence electrons. The van der Waals surface area contributed by atoms with Gasteiger partial charge < -0.3 is 4.90 Å². The molecule has 1 amide bonds. The molecule has 1 fully saturated rings. The molecule has 1 saturated carbocycles. The molecule has 0 radical (unpaired) electrons. The average molecular weight is 263 g/mol. The number of nitrogens with zero attached hydrogens (tertiary/aromatic N) is 1. The second-order valence-electron chi connectivity index (χ2n) is 5.93. The Morgan fingerprint density at radius 3 is 2.42 bits per heavy atom. The molecule has 1 aliphatic carbocycles. The zero-order valence-corrected chi connectivity index (χ0v) is 13.0. The van der Waals surface area contributed by atoms with E-state index in [0.717, 1.165) is 45.2 Å². The van der Waals surface area contributed by atoms with E-state index in [1.54, 1.807) is 0 Å². The van der Waals surface area contributed by atoms with Crippen molar-refractivity contribution < 1.29 is 4.79 Å². The molecule has 0 saturated heterocycles. The highest BCUT2D eigenvalue weighted by Crippen LogP contribution is 2.31. The van der Waals surface area contributed by atoms with Crippen molar-refractivity contribution in [1.29, 1.82) is 0 Å². The van der Waals surface area contributed by atoms with Crippen LogP contribution in [0.1, 0.15) is 59.8 Å². The van der Waals surface area contributed by atoms with Gasteiger partial charge >= 0.3 is 0 Å². The Labute approximate surface area is 118 Å². The minimum absolute atomic E-state index is 0.339. The maximum atomic E-state index is 12.1. The SMILES string of the molecule is CCCN(CC=C(C)CCC=C(C)C)C(=O)C1CC1. The molecule has 0 aromatic heterocycles. The lowest BCUT2D eigenvalue weighted by Crippen LogP contribution is -2.33. The topological polar surface area (TPSA) is 20.3 Å². The minimum Gasteiger partial charge on any atom is -0.339 e. The van der Waals surface area contributed by atoms with E-state index in [2.05, 4.69) is 39.8 Å². The molecular formula is C17H29NO. The predicted molar refractivity (Wildman–Crippen MR) is 82.0 cm³/mol. The van der Waals surface area contributed by atoms with Gasteiger partial charge in [0, 0.05) is 19.0 Å². The first-order valence-corrected chi connectivity index (χ1v) is 7.62. The number of rotatable bonds is 8. The van der Waals surface area contributed by atoms with Crippen molar-refractivity contribution in [2.45, 2.75) is 59.8 Å². The van der Waals surface area contributed by atoms with Gasteiger partial charge in [-0.25, -0.2) is 0 Å². The second kappa shape index (κ2) is 8.19. The number of carbonyl (C=O) groups excluding carboxylic acids is 1. The number of amides is 1. The van der Waals surface area contributed by atoms with Gasteiger partial charge in [-0.05, 0) is 52.9 Å². The molecule has 1 aliphatic rings. The maximum Gasteiger partial charge on any atom is 0.225 e. The van der Waals surface area contributed by atoms with Gasteiger partial charge in [-0.1, -0.05) is 30.2 Å². The molecule has 19 heavy (non-hydrogen) atoms. The minimum atomic E-state index is 0.339. The van der Waals surface area contributed by atoms with E-state index in [4.69, 9.17) is 0 Å². The molecule has 0 aromatic rings. The van der Waals surface area contributed by atoms with E-state index in [1.165, 1.54) is 11.1 Å². The van der Waals surface area contributed by atoms with Crippen LogP contribution < -0.4 is 0 Å². The van der Waals surface area contributed by atoms with Gasteiger partial charge in [-0.15, -0.1) is 0 Å². The Morgan fingerprint density at radius 1 is 1.21 bits per heavy atom. The predicted octanol–water partition coefficient (Wildman–Crippen LogP) is 4.33. The van der Waals surface area contributed by atoms with E-state index < -0.39 is 0 Å². The van der Waals surface area contributed by atoms with Crippen molar-refractivity contribution in [1.82, 2.24) is 4.90 Å². The molecule has 0 unspecified atom stereocenters. The second-order valence-corrected chi connectivity index (χ2v) is 5.93. The highest BCUT2D eigenvalue weighted by atomic mass is 16.2. The summed E-state index contributed by atoms with van der Waals surface area (Å²) in [5, 5.41) is 0. The van der Waals surface area contributed by atoms with Crippen LogP contribution in [-0.2, 0) is 4.79 Å². The van der Waals surface area contributed by atoms with E-state index in [0.29, 0.717) is 11.8 Å². The third-order valence-electron chi connectivity index (χ3n) is 3.48. The lowest BCUT2D eigenvalue weighted by molar-refractivity contribution is -0.132. The molecule has 0 heterocycles. The Kier molecular flexibility index (Phi) is 6.90. The van der Waals surface area contributed by atoms with Crippen LogP contribution in [0.5, 0.6) is 0 Å². The fourth-order valence-corrected chi connectivity index (χ4v) is 2.11. The average Bonchev–Trinajstić information content (AvgIpc) is 3.17. The standard InChI is InChI=1S/C17H29NO/c1-5-12-18(17(19)16-9-10-16)13-11-15(4)8-6-7-14(2)3/h7,11,16H,5-6,8-10,12-13H2,1-4H3. The van der Waals surface area contributed by atoms with Crippen LogP contribution in [-0.4, -0.2) is 23.9 Å². The molecule has 0 bridgehead atoms. The normalized spacial score (nSPS) is 15.3. The Hall–Kier alpha value is -1.05. The first-order valence-electron chi connectivity index (χ1n) is 7.62. The molecule has 2 heteroatoms. The summed E-state index contributed by atoms with van der Waals surface area (Å²) in [5.74, 6) is 0.709. The zero-order valence-electron chi connectivity index (χ0n) is 13.0. The van der Waals surface area contributed by atoms with E-state index >= 15 is 0 Å². The van der Waals surface area contributed by atoms with Crippen LogP contribution in [0.3, 0.4) is 0 Å². The quantitative estimate of drug-likeness (QED) is 0.597. The van der Waals surface area contributed by atoms with Crippen molar-refractivity contribution in [3.63, 3.8) is 0 Å². The first kappa shape index (κ1) is 16.0. The summed E-state index contributed by atoms with van der Waals surface area (Å²) >= 11 is 0. The zero-order chi connectivity index (χ0) is 14.3. The summed E-state index contributed by atoms with van der Waals surface area (Å²) in [5.41, 5.74) is 2.77. The summed E-state index contributed by atoms with van der Waals surface area (Å²) in [6.45, 7) is 10.3. The number of hydrogen-bond acceptors (Lipinski definition) is 1. The number of carbonyl (C=O) groups is 1. The number of allylic oxidation sites excluding steroid dienone is 3. The monoisotopic (exact) mass is 263 g/mol. The van der Waals surface area contributed by atoms with Gasteiger partial charge in [-0.2, -0.15) is 0 Å². The van der Waals surface area contributed by atoms with Gasteiger partial charge in [0.15, 0.2) is 0 Å². The van der Waals surface area contributed by atoms with Crippen LogP contribution >= 0.6 is 0 Å². The molecule has 0 aromatic carbocycles. The lowest BCUT2D eigenvalue weighted by atomic mass is 10.1. The first-order chi connectivity index (χ1) is 9.04. The molecular weight excluding hydrogens is 234 g/mol. The third-order valence-corrected chi connectivity index (χ3v) is 3.48. The van der Waals surface area contributed by atoms with Crippen molar-refractivity contribution in [3.05, 3.63) is 23.3 Å². The summed E-state index contributed by atoms with van der Waals surface area (Å²) in [6.07, 6.45) is 9.96. The molecule has 0 spiro atoms. The molecule has 2 nitrogen and oxygen atoms in total. The van der Waals surface area contributed by atoms with Crippen LogP contribution in [0.15, 0.2) is 23.3 Å². The van der Waals surface area contributed by atoms with Crippen molar-refractivity contribution >= 4 is 5.91 Å². The van der Waals surface area contributed by atoms with Crippen molar-refractivity contribution in [2.75, 3.05) is 13.1 Å². The third kappa shape index (κ3) is 6.60. The smallest absolute Gasteiger partial charge is 0.225 e. The molecule has 0 atom stereocenters. The van der Waals surface area contributed by atoms with Crippen LogP contribution in [0.2, 0.25) is 0 Å². The van der Waals surface area contributed by atoms with Crippen LogP contribution in [0.4, 0.5) is 0 Å². The van der Waals surface area contributed by atoms with E-state index in [9.17, 15) is 4.79 Å². The summed E-state index contributed by atoms with van der Waals surface area (Å²) in [4.78, 5) is 14.1. The van der Waals surface area contributed by atoms with Crippen LogP contribution in [0.25, 0.3) is 0 Å². The van der Waals surface area contributed by atoms with Gasteiger partial charge in [-0.3, -0.25) is 4.79 Å². The fourth-order valence-electron chi connectivity index (χ4n) is 2.11. The van der Waals surface area contributed by atoms with Gasteiger partial charge in [0.1, 0.15) is 0 Å². The van der Waals surface area contributed by atoms with Crippen LogP contribution in [0, 0.1) is 5.92 Å².